The summed E-state index contributed by atoms with van der Waals surface area (Å²) in [5.74, 6) is 0.784. The van der Waals surface area contributed by atoms with Gasteiger partial charge in [0, 0.05) is 18.5 Å². The summed E-state index contributed by atoms with van der Waals surface area (Å²) in [6, 6.07) is 16.0. The molecule has 0 bridgehead atoms. The molecule has 1 heterocycles. The largest absolute Gasteiger partial charge is 0.489 e. The molecule has 0 spiro atoms. The molecule has 0 fully saturated rings. The van der Waals surface area contributed by atoms with E-state index in [4.69, 9.17) is 4.74 Å². The summed E-state index contributed by atoms with van der Waals surface area (Å²) < 4.78 is 5.97. The number of hydrogen-bond donors (Lipinski definition) is 1. The Morgan fingerprint density at radius 2 is 1.85 bits per heavy atom. The van der Waals surface area contributed by atoms with Gasteiger partial charge >= 0.3 is 0 Å². The molecule has 1 N–H and O–H groups in total. The van der Waals surface area contributed by atoms with Crippen molar-refractivity contribution in [3.63, 3.8) is 0 Å². The molecule has 2 unspecified atom stereocenters. The maximum atomic E-state index is 11.9. The molecule has 0 radical (unpaired) electrons. The van der Waals surface area contributed by atoms with Crippen LogP contribution in [0.1, 0.15) is 34.3 Å². The lowest BCUT2D eigenvalue weighted by molar-refractivity contribution is 0.0958. The molecule has 0 saturated heterocycles. The fourth-order valence-corrected chi connectivity index (χ4v) is 2.86. The van der Waals surface area contributed by atoms with Gasteiger partial charge in [0.2, 0.25) is 0 Å². The number of fused-ring (bicyclic) bond motifs is 1. The maximum absolute atomic E-state index is 11.9. The Labute approximate surface area is 118 Å². The molecule has 20 heavy (non-hydrogen) atoms. The highest BCUT2D eigenvalue weighted by atomic mass is 16.5. The summed E-state index contributed by atoms with van der Waals surface area (Å²) in [7, 11) is 1.63. The van der Waals surface area contributed by atoms with E-state index >= 15 is 0 Å². The van der Waals surface area contributed by atoms with Crippen molar-refractivity contribution in [2.75, 3.05) is 7.05 Å². The Bertz CT molecular complexity index is 637. The van der Waals surface area contributed by atoms with Gasteiger partial charge < -0.3 is 10.1 Å². The number of ether oxygens (including phenoxy) is 1. The topological polar surface area (TPSA) is 38.3 Å². The number of carbonyl (C=O) groups is 1. The molecule has 2 aromatic carbocycles. The quantitative estimate of drug-likeness (QED) is 0.908. The van der Waals surface area contributed by atoms with E-state index in [1.54, 1.807) is 13.1 Å². The number of rotatable bonds is 2. The first-order chi connectivity index (χ1) is 9.72. The van der Waals surface area contributed by atoms with Crippen LogP contribution in [0.25, 0.3) is 0 Å². The highest BCUT2D eigenvalue weighted by Gasteiger charge is 2.34. The van der Waals surface area contributed by atoms with Crippen LogP contribution in [0.15, 0.2) is 48.5 Å². The number of amides is 1. The minimum Gasteiger partial charge on any atom is -0.489 e. The number of benzene rings is 2. The summed E-state index contributed by atoms with van der Waals surface area (Å²) in [6.07, 6.45) is 0.0261. The molecule has 1 amide bonds. The van der Waals surface area contributed by atoms with Gasteiger partial charge in [-0.25, -0.2) is 0 Å². The molecule has 3 nitrogen and oxygen atoms in total. The van der Waals surface area contributed by atoms with E-state index in [1.807, 2.05) is 37.3 Å². The lowest BCUT2D eigenvalue weighted by Gasteiger charge is -2.14. The number of carbonyl (C=O) groups excluding carboxylic acids is 1. The first-order valence-electron chi connectivity index (χ1n) is 6.79. The molecular weight excluding hydrogens is 250 g/mol. The van der Waals surface area contributed by atoms with Crippen molar-refractivity contribution in [1.82, 2.24) is 5.32 Å². The second kappa shape index (κ2) is 5.00. The van der Waals surface area contributed by atoms with Crippen molar-refractivity contribution >= 4 is 5.91 Å². The molecule has 1 aliphatic rings. The zero-order chi connectivity index (χ0) is 14.1. The van der Waals surface area contributed by atoms with Crippen molar-refractivity contribution < 1.29 is 9.53 Å². The van der Waals surface area contributed by atoms with Crippen LogP contribution in [0.3, 0.4) is 0 Å². The van der Waals surface area contributed by atoms with Crippen LogP contribution >= 0.6 is 0 Å². The van der Waals surface area contributed by atoms with Crippen LogP contribution in [0, 0.1) is 0 Å². The third-order valence-corrected chi connectivity index (χ3v) is 3.78. The Morgan fingerprint density at radius 1 is 1.10 bits per heavy atom. The monoisotopic (exact) mass is 267 g/mol. The SMILES string of the molecule is CNC(=O)c1cccc2c1OC(C)C2c1ccccc1. The minimum atomic E-state index is -0.109. The first-order valence-corrected chi connectivity index (χ1v) is 6.79. The van der Waals surface area contributed by atoms with Gasteiger partial charge in [-0.1, -0.05) is 42.5 Å². The Kier molecular flexibility index (Phi) is 3.18. The van der Waals surface area contributed by atoms with Crippen LogP contribution in [0.2, 0.25) is 0 Å². The van der Waals surface area contributed by atoms with E-state index in [2.05, 4.69) is 17.4 Å². The van der Waals surface area contributed by atoms with Crippen molar-refractivity contribution in [3.8, 4) is 5.75 Å². The van der Waals surface area contributed by atoms with Gasteiger partial charge in [-0.15, -0.1) is 0 Å². The molecule has 0 aliphatic carbocycles. The molecule has 0 aromatic heterocycles. The molecular formula is C17H17NO2. The summed E-state index contributed by atoms with van der Waals surface area (Å²) >= 11 is 0. The number of para-hydroxylation sites is 1. The average Bonchev–Trinajstić information content (AvgIpc) is 2.83. The van der Waals surface area contributed by atoms with Gasteiger partial charge in [0.15, 0.2) is 0 Å². The highest BCUT2D eigenvalue weighted by molar-refractivity contribution is 5.97. The van der Waals surface area contributed by atoms with Gasteiger partial charge in [-0.3, -0.25) is 4.79 Å². The van der Waals surface area contributed by atoms with Crippen molar-refractivity contribution in [1.29, 1.82) is 0 Å². The summed E-state index contributed by atoms with van der Waals surface area (Å²) in [4.78, 5) is 11.9. The zero-order valence-electron chi connectivity index (χ0n) is 11.6. The predicted octanol–water partition coefficient (Wildman–Crippen LogP) is 2.96. The predicted molar refractivity (Wildman–Crippen MR) is 78.2 cm³/mol. The van der Waals surface area contributed by atoms with E-state index in [1.165, 1.54) is 5.56 Å². The van der Waals surface area contributed by atoms with Crippen LogP contribution < -0.4 is 10.1 Å². The fourth-order valence-electron chi connectivity index (χ4n) is 2.86. The Hall–Kier alpha value is -2.29. The number of nitrogens with one attached hydrogen (secondary N) is 1. The van der Waals surface area contributed by atoms with Crippen molar-refractivity contribution in [2.24, 2.45) is 0 Å². The van der Waals surface area contributed by atoms with Crippen molar-refractivity contribution in [3.05, 3.63) is 65.2 Å². The molecule has 3 rings (SSSR count). The smallest absolute Gasteiger partial charge is 0.254 e. The maximum Gasteiger partial charge on any atom is 0.254 e. The Morgan fingerprint density at radius 3 is 2.55 bits per heavy atom. The van der Waals surface area contributed by atoms with Gasteiger partial charge in [0.1, 0.15) is 11.9 Å². The van der Waals surface area contributed by atoms with Crippen LogP contribution in [-0.4, -0.2) is 19.1 Å². The van der Waals surface area contributed by atoms with Crippen LogP contribution in [0.5, 0.6) is 5.75 Å². The first kappa shape index (κ1) is 12.7. The molecule has 2 atom stereocenters. The van der Waals surface area contributed by atoms with E-state index < -0.39 is 0 Å². The molecule has 1 aliphatic heterocycles. The van der Waals surface area contributed by atoms with Gasteiger partial charge in [0.25, 0.3) is 5.91 Å². The van der Waals surface area contributed by atoms with Gasteiger partial charge in [-0.2, -0.15) is 0 Å². The number of hydrogen-bond acceptors (Lipinski definition) is 2. The second-order valence-corrected chi connectivity index (χ2v) is 5.01. The van der Waals surface area contributed by atoms with Crippen LogP contribution in [-0.2, 0) is 0 Å². The normalized spacial score (nSPS) is 20.1. The van der Waals surface area contributed by atoms with Crippen LogP contribution in [0.4, 0.5) is 0 Å². The third-order valence-electron chi connectivity index (χ3n) is 3.78. The molecule has 0 saturated carbocycles. The van der Waals surface area contributed by atoms with Gasteiger partial charge in [0.05, 0.1) is 5.56 Å². The second-order valence-electron chi connectivity index (χ2n) is 5.01. The summed E-state index contributed by atoms with van der Waals surface area (Å²) in [5.41, 5.74) is 2.91. The molecule has 3 heteroatoms. The summed E-state index contributed by atoms with van der Waals surface area (Å²) in [6.45, 7) is 2.05. The third kappa shape index (κ3) is 1.95. The zero-order valence-corrected chi connectivity index (χ0v) is 11.6. The lowest BCUT2D eigenvalue weighted by Crippen LogP contribution is -2.19. The van der Waals surface area contributed by atoms with E-state index in [-0.39, 0.29) is 17.9 Å². The van der Waals surface area contributed by atoms with Gasteiger partial charge in [-0.05, 0) is 18.6 Å². The van der Waals surface area contributed by atoms with E-state index in [9.17, 15) is 4.79 Å². The molecule has 102 valence electrons. The fraction of sp³-hybridized carbons (Fsp3) is 0.235. The van der Waals surface area contributed by atoms with E-state index in [0.717, 1.165) is 5.56 Å². The highest BCUT2D eigenvalue weighted by Crippen LogP contribution is 2.43. The average molecular weight is 267 g/mol. The minimum absolute atomic E-state index is 0.0261. The van der Waals surface area contributed by atoms with E-state index in [0.29, 0.717) is 11.3 Å². The lowest BCUT2D eigenvalue weighted by atomic mass is 9.88. The standard InChI is InChI=1S/C17H17NO2/c1-11-15(12-7-4-3-5-8-12)13-9-6-10-14(16(13)20-11)17(19)18-2/h3-11,15H,1-2H3,(H,18,19). The molecule has 2 aromatic rings. The summed E-state index contributed by atoms with van der Waals surface area (Å²) in [5, 5.41) is 2.66. The Balaban J connectivity index is 2.10. The van der Waals surface area contributed by atoms with Crippen molar-refractivity contribution in [2.45, 2.75) is 18.9 Å².